The summed E-state index contributed by atoms with van der Waals surface area (Å²) in [5, 5.41) is 8.69. The second kappa shape index (κ2) is 5.55. The lowest BCUT2D eigenvalue weighted by Crippen LogP contribution is -2.36. The number of hydrogen-bond acceptors (Lipinski definition) is 5. The molecule has 0 amide bonds. The molecule has 21 heavy (non-hydrogen) atoms. The molecule has 1 fully saturated rings. The maximum Gasteiger partial charge on any atom is 0.163 e. The average molecular weight is 286 g/mol. The van der Waals surface area contributed by atoms with Crippen molar-refractivity contribution >= 4 is 0 Å². The Morgan fingerprint density at radius 2 is 1.86 bits per heavy atom. The van der Waals surface area contributed by atoms with Gasteiger partial charge in [0.15, 0.2) is 11.6 Å². The van der Waals surface area contributed by atoms with Gasteiger partial charge in [-0.3, -0.25) is 9.47 Å². The minimum Gasteiger partial charge on any atom is -0.379 e. The highest BCUT2D eigenvalue weighted by Gasteiger charge is 2.21. The normalized spacial score (nSPS) is 18.9. The summed E-state index contributed by atoms with van der Waals surface area (Å²) in [6, 6.07) is 8.30. The van der Waals surface area contributed by atoms with Crippen molar-refractivity contribution in [3.63, 3.8) is 0 Å². The SMILES string of the molecule is c1ccc2c(c1)COCc1nnc(CN3CCOCC3)n1-2. The summed E-state index contributed by atoms with van der Waals surface area (Å²) in [7, 11) is 0. The Balaban J connectivity index is 1.71. The first-order valence-electron chi connectivity index (χ1n) is 7.31. The number of fused-ring (bicyclic) bond motifs is 3. The molecule has 6 nitrogen and oxygen atoms in total. The van der Waals surface area contributed by atoms with Crippen molar-refractivity contribution in [3.05, 3.63) is 41.5 Å². The van der Waals surface area contributed by atoms with Crippen LogP contribution in [0.1, 0.15) is 17.2 Å². The number of rotatable bonds is 2. The lowest BCUT2D eigenvalue weighted by molar-refractivity contribution is 0.0328. The molecule has 1 saturated heterocycles. The van der Waals surface area contributed by atoms with Crippen LogP contribution in [0.5, 0.6) is 0 Å². The molecular weight excluding hydrogens is 268 g/mol. The standard InChI is InChI=1S/C15H18N4O2/c1-2-4-13-12(3-1)10-21-11-15-17-16-14(19(13)15)9-18-5-7-20-8-6-18/h1-4H,5-11H2. The molecule has 0 radical (unpaired) electrons. The maximum atomic E-state index is 5.69. The highest BCUT2D eigenvalue weighted by Crippen LogP contribution is 2.23. The van der Waals surface area contributed by atoms with Gasteiger partial charge in [-0.05, 0) is 6.07 Å². The second-order valence-corrected chi connectivity index (χ2v) is 5.38. The third-order valence-corrected chi connectivity index (χ3v) is 3.99. The summed E-state index contributed by atoms with van der Waals surface area (Å²) in [5.74, 6) is 1.85. The number of benzene rings is 1. The lowest BCUT2D eigenvalue weighted by atomic mass is 10.2. The van der Waals surface area contributed by atoms with Crippen molar-refractivity contribution in [1.29, 1.82) is 0 Å². The molecule has 6 heteroatoms. The van der Waals surface area contributed by atoms with Crippen LogP contribution >= 0.6 is 0 Å². The molecule has 0 N–H and O–H groups in total. The van der Waals surface area contributed by atoms with Gasteiger partial charge in [-0.15, -0.1) is 10.2 Å². The Morgan fingerprint density at radius 1 is 1.00 bits per heavy atom. The van der Waals surface area contributed by atoms with E-state index in [2.05, 4.69) is 31.8 Å². The fourth-order valence-corrected chi connectivity index (χ4v) is 2.89. The second-order valence-electron chi connectivity index (χ2n) is 5.38. The van der Waals surface area contributed by atoms with Gasteiger partial charge in [-0.2, -0.15) is 0 Å². The molecule has 2 aliphatic rings. The van der Waals surface area contributed by atoms with Gasteiger partial charge in [-0.25, -0.2) is 0 Å². The van der Waals surface area contributed by atoms with E-state index >= 15 is 0 Å². The third kappa shape index (κ3) is 2.46. The summed E-state index contributed by atoms with van der Waals surface area (Å²) < 4.78 is 13.2. The van der Waals surface area contributed by atoms with Crippen molar-refractivity contribution < 1.29 is 9.47 Å². The molecule has 1 aromatic carbocycles. The monoisotopic (exact) mass is 286 g/mol. The van der Waals surface area contributed by atoms with Gasteiger partial charge < -0.3 is 9.47 Å². The first-order chi connectivity index (χ1) is 10.4. The Bertz CT molecular complexity index is 634. The molecule has 0 bridgehead atoms. The van der Waals surface area contributed by atoms with Gasteiger partial charge in [0.1, 0.15) is 6.61 Å². The number of morpholine rings is 1. The van der Waals surface area contributed by atoms with Crippen LogP contribution in [0, 0.1) is 0 Å². The number of para-hydroxylation sites is 1. The van der Waals surface area contributed by atoms with Crippen molar-refractivity contribution in [2.24, 2.45) is 0 Å². The minimum atomic E-state index is 0.505. The first kappa shape index (κ1) is 12.9. The van der Waals surface area contributed by atoms with Gasteiger partial charge in [0, 0.05) is 18.7 Å². The smallest absolute Gasteiger partial charge is 0.163 e. The summed E-state index contributed by atoms with van der Waals surface area (Å²) in [6.45, 7) is 5.40. The highest BCUT2D eigenvalue weighted by atomic mass is 16.5. The molecule has 110 valence electrons. The van der Waals surface area contributed by atoms with E-state index in [1.54, 1.807) is 0 Å². The van der Waals surface area contributed by atoms with Crippen LogP contribution < -0.4 is 0 Å². The van der Waals surface area contributed by atoms with Crippen LogP contribution in [0.25, 0.3) is 5.69 Å². The molecule has 1 aromatic heterocycles. The largest absolute Gasteiger partial charge is 0.379 e. The topological polar surface area (TPSA) is 52.4 Å². The fourth-order valence-electron chi connectivity index (χ4n) is 2.89. The Kier molecular flexibility index (Phi) is 3.42. The zero-order chi connectivity index (χ0) is 14.1. The number of aromatic nitrogens is 3. The number of hydrogen-bond donors (Lipinski definition) is 0. The summed E-state index contributed by atoms with van der Waals surface area (Å²) in [6.07, 6.45) is 0. The van der Waals surface area contributed by atoms with E-state index in [9.17, 15) is 0 Å². The number of nitrogens with zero attached hydrogens (tertiary/aromatic N) is 4. The van der Waals surface area contributed by atoms with Crippen LogP contribution in [0.4, 0.5) is 0 Å². The Labute approximate surface area is 123 Å². The number of ether oxygens (including phenoxy) is 2. The van der Waals surface area contributed by atoms with Gasteiger partial charge in [-0.1, -0.05) is 18.2 Å². The van der Waals surface area contributed by atoms with E-state index in [4.69, 9.17) is 9.47 Å². The predicted octanol–water partition coefficient (Wildman–Crippen LogP) is 1.13. The van der Waals surface area contributed by atoms with E-state index in [1.165, 1.54) is 5.56 Å². The van der Waals surface area contributed by atoms with Crippen LogP contribution in [0.3, 0.4) is 0 Å². The molecule has 0 aliphatic carbocycles. The van der Waals surface area contributed by atoms with Crippen LogP contribution in [0.15, 0.2) is 24.3 Å². The van der Waals surface area contributed by atoms with E-state index in [0.717, 1.165) is 50.2 Å². The van der Waals surface area contributed by atoms with Crippen LogP contribution in [-0.4, -0.2) is 46.0 Å². The van der Waals surface area contributed by atoms with Gasteiger partial charge in [0.2, 0.25) is 0 Å². The van der Waals surface area contributed by atoms with Crippen molar-refractivity contribution in [3.8, 4) is 5.69 Å². The van der Waals surface area contributed by atoms with E-state index in [-0.39, 0.29) is 0 Å². The van der Waals surface area contributed by atoms with Crippen LogP contribution in [-0.2, 0) is 29.2 Å². The Morgan fingerprint density at radius 3 is 2.76 bits per heavy atom. The van der Waals surface area contributed by atoms with Crippen LogP contribution in [0.2, 0.25) is 0 Å². The first-order valence-corrected chi connectivity index (χ1v) is 7.31. The molecule has 4 rings (SSSR count). The summed E-state index contributed by atoms with van der Waals surface area (Å²) >= 11 is 0. The Hall–Kier alpha value is -1.76. The molecule has 3 heterocycles. The maximum absolute atomic E-state index is 5.69. The molecule has 0 atom stereocenters. The summed E-state index contributed by atoms with van der Waals surface area (Å²) in [4.78, 5) is 2.36. The minimum absolute atomic E-state index is 0.505. The average Bonchev–Trinajstić information content (AvgIpc) is 2.82. The van der Waals surface area contributed by atoms with Gasteiger partial charge in [0.25, 0.3) is 0 Å². The van der Waals surface area contributed by atoms with E-state index in [0.29, 0.717) is 13.2 Å². The zero-order valence-corrected chi connectivity index (χ0v) is 11.9. The molecular formula is C15H18N4O2. The van der Waals surface area contributed by atoms with Gasteiger partial charge in [0.05, 0.1) is 32.1 Å². The lowest BCUT2D eigenvalue weighted by Gasteiger charge is -2.26. The molecule has 2 aromatic rings. The van der Waals surface area contributed by atoms with E-state index < -0.39 is 0 Å². The predicted molar refractivity (Wildman–Crippen MR) is 75.9 cm³/mol. The highest BCUT2D eigenvalue weighted by molar-refractivity contribution is 5.43. The van der Waals surface area contributed by atoms with Gasteiger partial charge >= 0.3 is 0 Å². The molecule has 2 aliphatic heterocycles. The summed E-state index contributed by atoms with van der Waals surface area (Å²) in [5.41, 5.74) is 2.32. The zero-order valence-electron chi connectivity index (χ0n) is 11.9. The van der Waals surface area contributed by atoms with Crippen molar-refractivity contribution in [2.75, 3.05) is 26.3 Å². The third-order valence-electron chi connectivity index (χ3n) is 3.99. The molecule has 0 saturated carbocycles. The quantitative estimate of drug-likeness (QED) is 0.828. The fraction of sp³-hybridized carbons (Fsp3) is 0.467. The molecule has 0 spiro atoms. The van der Waals surface area contributed by atoms with Crippen molar-refractivity contribution in [1.82, 2.24) is 19.7 Å². The molecule has 0 unspecified atom stereocenters. The van der Waals surface area contributed by atoms with Crippen molar-refractivity contribution in [2.45, 2.75) is 19.8 Å². The van der Waals surface area contributed by atoms with E-state index in [1.807, 2.05) is 12.1 Å².